The summed E-state index contributed by atoms with van der Waals surface area (Å²) in [6.45, 7) is 8.85. The molecule has 3 aromatic rings. The summed E-state index contributed by atoms with van der Waals surface area (Å²) in [5, 5.41) is 1.14. The van der Waals surface area contributed by atoms with Crippen molar-refractivity contribution in [3.8, 4) is 5.75 Å². The molecule has 0 aliphatic carbocycles. The molecule has 1 atom stereocenters. The number of pyridine rings is 1. The van der Waals surface area contributed by atoms with Crippen LogP contribution in [0.25, 0.3) is 10.9 Å². The van der Waals surface area contributed by atoms with Crippen molar-refractivity contribution in [2.45, 2.75) is 39.8 Å². The average molecular weight is 432 g/mol. The number of benzene rings is 2. The summed E-state index contributed by atoms with van der Waals surface area (Å²) in [5.41, 5.74) is 3.12. The number of piperidine rings is 1. The van der Waals surface area contributed by atoms with Crippen molar-refractivity contribution >= 4 is 16.8 Å². The molecule has 0 radical (unpaired) electrons. The third kappa shape index (κ3) is 5.46. The van der Waals surface area contributed by atoms with E-state index in [-0.39, 0.29) is 5.92 Å². The number of para-hydroxylation sites is 1. The van der Waals surface area contributed by atoms with Gasteiger partial charge in [0, 0.05) is 31.6 Å². The van der Waals surface area contributed by atoms with E-state index in [1.165, 1.54) is 5.56 Å². The molecule has 1 aliphatic rings. The number of ether oxygens (including phenoxy) is 1. The lowest BCUT2D eigenvalue weighted by atomic mass is 9.96. The monoisotopic (exact) mass is 431 g/mol. The summed E-state index contributed by atoms with van der Waals surface area (Å²) >= 11 is 0. The quantitative estimate of drug-likeness (QED) is 0.509. The Hall–Kier alpha value is -2.92. The van der Waals surface area contributed by atoms with Crippen molar-refractivity contribution < 1.29 is 9.53 Å². The average Bonchev–Trinajstić information content (AvgIpc) is 2.84. The lowest BCUT2D eigenvalue weighted by Crippen LogP contribution is -2.44. The van der Waals surface area contributed by atoms with E-state index < -0.39 is 0 Å². The van der Waals surface area contributed by atoms with Crippen LogP contribution in [-0.4, -0.2) is 46.9 Å². The molecule has 5 nitrogen and oxygen atoms in total. The van der Waals surface area contributed by atoms with Gasteiger partial charge in [0.1, 0.15) is 12.4 Å². The maximum Gasteiger partial charge on any atom is 0.226 e. The first-order chi connectivity index (χ1) is 15.7. The highest BCUT2D eigenvalue weighted by Crippen LogP contribution is 2.23. The minimum atomic E-state index is 0.113. The van der Waals surface area contributed by atoms with E-state index in [9.17, 15) is 4.79 Å². The zero-order valence-corrected chi connectivity index (χ0v) is 19.2. The molecule has 2 heterocycles. The first-order valence-corrected chi connectivity index (χ1v) is 11.7. The first-order valence-electron chi connectivity index (χ1n) is 11.7. The molecule has 0 saturated carbocycles. The highest BCUT2D eigenvalue weighted by molar-refractivity contribution is 5.79. The number of fused-ring (bicyclic) bond motifs is 1. The first kappa shape index (κ1) is 22.3. The number of carbonyl (C=O) groups is 1. The van der Waals surface area contributed by atoms with Gasteiger partial charge in [-0.25, -0.2) is 4.98 Å². The Morgan fingerprint density at radius 2 is 1.94 bits per heavy atom. The standard InChI is InChI=1S/C27H33N3O2/c1-3-30(4-2)27(31)23-11-8-16-29(19-23)18-21-9-7-12-25(17-21)32-20-24-15-14-22-10-5-6-13-26(22)28-24/h5-7,9-10,12-15,17,23H,3-4,8,11,16,18-20H2,1-2H3. The fourth-order valence-corrected chi connectivity index (χ4v) is 4.53. The fourth-order valence-electron chi connectivity index (χ4n) is 4.53. The van der Waals surface area contributed by atoms with Gasteiger partial charge in [-0.3, -0.25) is 9.69 Å². The topological polar surface area (TPSA) is 45.7 Å². The predicted molar refractivity (Wildman–Crippen MR) is 128 cm³/mol. The van der Waals surface area contributed by atoms with Gasteiger partial charge in [0.25, 0.3) is 0 Å². The number of nitrogens with zero attached hydrogens (tertiary/aromatic N) is 3. The zero-order valence-electron chi connectivity index (χ0n) is 19.2. The summed E-state index contributed by atoms with van der Waals surface area (Å²) in [7, 11) is 0. The Kier molecular flexibility index (Phi) is 7.38. The second-order valence-corrected chi connectivity index (χ2v) is 8.52. The molecular weight excluding hydrogens is 398 g/mol. The molecule has 1 fully saturated rings. The summed E-state index contributed by atoms with van der Waals surface area (Å²) in [4.78, 5) is 21.8. The number of hydrogen-bond donors (Lipinski definition) is 0. The lowest BCUT2D eigenvalue weighted by Gasteiger charge is -2.34. The second-order valence-electron chi connectivity index (χ2n) is 8.52. The van der Waals surface area contributed by atoms with Gasteiger partial charge in [-0.1, -0.05) is 36.4 Å². The maximum atomic E-state index is 12.8. The van der Waals surface area contributed by atoms with Crippen LogP contribution in [0.15, 0.2) is 60.7 Å². The fraction of sp³-hybridized carbons (Fsp3) is 0.407. The van der Waals surface area contributed by atoms with Crippen LogP contribution in [-0.2, 0) is 17.9 Å². The van der Waals surface area contributed by atoms with Gasteiger partial charge in [0.15, 0.2) is 0 Å². The molecule has 32 heavy (non-hydrogen) atoms. The molecular formula is C27H33N3O2. The highest BCUT2D eigenvalue weighted by atomic mass is 16.5. The van der Waals surface area contributed by atoms with Crippen molar-refractivity contribution in [2.24, 2.45) is 5.92 Å². The number of rotatable bonds is 8. The maximum absolute atomic E-state index is 12.8. The molecule has 0 N–H and O–H groups in total. The molecule has 0 spiro atoms. The van der Waals surface area contributed by atoms with Gasteiger partial charge in [0.05, 0.1) is 17.1 Å². The third-order valence-corrected chi connectivity index (χ3v) is 6.28. The molecule has 2 aromatic carbocycles. The Bertz CT molecular complexity index is 1050. The van der Waals surface area contributed by atoms with Gasteiger partial charge in [-0.15, -0.1) is 0 Å². The number of likely N-dealkylation sites (tertiary alicyclic amines) is 1. The molecule has 1 saturated heterocycles. The Labute approximate surface area is 191 Å². The summed E-state index contributed by atoms with van der Waals surface area (Å²) in [6, 6.07) is 20.5. The van der Waals surface area contributed by atoms with Gasteiger partial charge in [-0.2, -0.15) is 0 Å². The van der Waals surface area contributed by atoms with Crippen LogP contribution in [0.4, 0.5) is 0 Å². The number of hydrogen-bond acceptors (Lipinski definition) is 4. The number of carbonyl (C=O) groups excluding carboxylic acids is 1. The molecule has 5 heteroatoms. The molecule has 168 valence electrons. The molecule has 0 bridgehead atoms. The molecule has 1 amide bonds. The minimum absolute atomic E-state index is 0.113. The normalized spacial score (nSPS) is 16.8. The van der Waals surface area contributed by atoms with E-state index in [0.717, 1.165) is 67.9 Å². The van der Waals surface area contributed by atoms with Gasteiger partial charge in [-0.05, 0) is 63.1 Å². The van der Waals surface area contributed by atoms with Gasteiger partial charge < -0.3 is 9.64 Å². The van der Waals surface area contributed by atoms with Crippen LogP contribution >= 0.6 is 0 Å². The van der Waals surface area contributed by atoms with E-state index in [0.29, 0.717) is 12.5 Å². The molecule has 1 unspecified atom stereocenters. The van der Waals surface area contributed by atoms with E-state index in [4.69, 9.17) is 9.72 Å². The minimum Gasteiger partial charge on any atom is -0.487 e. The van der Waals surface area contributed by atoms with Crippen molar-refractivity contribution in [3.63, 3.8) is 0 Å². The molecule has 1 aliphatic heterocycles. The van der Waals surface area contributed by atoms with E-state index in [1.807, 2.05) is 41.3 Å². The predicted octanol–water partition coefficient (Wildman–Crippen LogP) is 4.89. The van der Waals surface area contributed by atoms with E-state index >= 15 is 0 Å². The summed E-state index contributed by atoms with van der Waals surface area (Å²) in [5.74, 6) is 1.27. The Balaban J connectivity index is 1.35. The van der Waals surface area contributed by atoms with Crippen LogP contribution in [0.2, 0.25) is 0 Å². The lowest BCUT2D eigenvalue weighted by molar-refractivity contribution is -0.137. The van der Waals surface area contributed by atoms with Crippen molar-refractivity contribution in [1.82, 2.24) is 14.8 Å². The summed E-state index contributed by atoms with van der Waals surface area (Å²) in [6.07, 6.45) is 2.06. The third-order valence-electron chi connectivity index (χ3n) is 6.28. The number of amides is 1. The molecule has 4 rings (SSSR count). The SMILES string of the molecule is CCN(CC)C(=O)C1CCCN(Cc2cccc(OCc3ccc4ccccc4n3)c2)C1. The largest absolute Gasteiger partial charge is 0.487 e. The number of aromatic nitrogens is 1. The van der Waals surface area contributed by atoms with Crippen LogP contribution < -0.4 is 4.74 Å². The Morgan fingerprint density at radius 3 is 2.78 bits per heavy atom. The Morgan fingerprint density at radius 1 is 1.09 bits per heavy atom. The highest BCUT2D eigenvalue weighted by Gasteiger charge is 2.28. The van der Waals surface area contributed by atoms with Crippen molar-refractivity contribution in [3.05, 3.63) is 71.9 Å². The van der Waals surface area contributed by atoms with E-state index in [2.05, 4.69) is 43.0 Å². The molecule has 1 aromatic heterocycles. The van der Waals surface area contributed by atoms with Crippen molar-refractivity contribution in [1.29, 1.82) is 0 Å². The summed E-state index contributed by atoms with van der Waals surface area (Å²) < 4.78 is 6.05. The smallest absolute Gasteiger partial charge is 0.226 e. The van der Waals surface area contributed by atoms with E-state index in [1.54, 1.807) is 0 Å². The van der Waals surface area contributed by atoms with Gasteiger partial charge in [0.2, 0.25) is 5.91 Å². The van der Waals surface area contributed by atoms with Crippen molar-refractivity contribution in [2.75, 3.05) is 26.2 Å². The van der Waals surface area contributed by atoms with Gasteiger partial charge >= 0.3 is 0 Å². The van der Waals surface area contributed by atoms with Crippen LogP contribution in [0.3, 0.4) is 0 Å². The van der Waals surface area contributed by atoms with Crippen LogP contribution in [0.1, 0.15) is 37.9 Å². The second kappa shape index (κ2) is 10.6. The zero-order chi connectivity index (χ0) is 22.3. The van der Waals surface area contributed by atoms with Crippen LogP contribution in [0.5, 0.6) is 5.75 Å². The van der Waals surface area contributed by atoms with Crippen LogP contribution in [0, 0.1) is 5.92 Å².